The van der Waals surface area contributed by atoms with Gasteiger partial charge in [-0.1, -0.05) is 0 Å². The maximum atomic E-state index is 11.6. The lowest BCUT2D eigenvalue weighted by Crippen LogP contribution is -2.26. The summed E-state index contributed by atoms with van der Waals surface area (Å²) >= 11 is 0. The number of rotatable bonds is 6. The molecule has 0 aliphatic heterocycles. The van der Waals surface area contributed by atoms with Gasteiger partial charge >= 0.3 is 0 Å². The Balaban J connectivity index is 2.50. The first-order chi connectivity index (χ1) is 7.42. The molecule has 0 aromatic carbocycles. The summed E-state index contributed by atoms with van der Waals surface area (Å²) in [4.78, 5) is 3.75. The van der Waals surface area contributed by atoms with Gasteiger partial charge < -0.3 is 10.3 Å². The molecule has 1 rings (SSSR count). The molecule has 16 heavy (non-hydrogen) atoms. The number of nitrogens with two attached hydrogens (primary N) is 1. The molecule has 0 amide bonds. The zero-order chi connectivity index (χ0) is 12.2. The number of nitrogens with zero attached hydrogens (tertiary/aromatic N) is 2. The van der Waals surface area contributed by atoms with E-state index in [1.54, 1.807) is 11.6 Å². The van der Waals surface area contributed by atoms with Crippen molar-refractivity contribution in [2.75, 3.05) is 6.54 Å². The van der Waals surface area contributed by atoms with Gasteiger partial charge in [0.1, 0.15) is 0 Å². The Morgan fingerprint density at radius 1 is 1.69 bits per heavy atom. The van der Waals surface area contributed by atoms with Crippen LogP contribution in [0.3, 0.4) is 0 Å². The predicted octanol–water partition coefficient (Wildman–Crippen LogP) is -0.585. The Labute approximate surface area is 94.2 Å². The maximum Gasteiger partial charge on any atom is 0.259 e. The highest BCUT2D eigenvalue weighted by molar-refractivity contribution is 7.89. The molecule has 0 radical (unpaired) electrons. The lowest BCUT2D eigenvalue weighted by atomic mass is 10.3. The van der Waals surface area contributed by atoms with Crippen molar-refractivity contribution in [2.45, 2.75) is 17.9 Å². The van der Waals surface area contributed by atoms with E-state index >= 15 is 0 Å². The molecule has 0 fully saturated rings. The fourth-order valence-electron chi connectivity index (χ4n) is 1.09. The van der Waals surface area contributed by atoms with Gasteiger partial charge in [-0.3, -0.25) is 5.41 Å². The van der Waals surface area contributed by atoms with Crippen molar-refractivity contribution >= 4 is 15.9 Å². The number of imidazole rings is 1. The van der Waals surface area contributed by atoms with E-state index in [4.69, 9.17) is 11.1 Å². The number of nitrogens with one attached hydrogen (secondary N) is 2. The first kappa shape index (κ1) is 12.7. The zero-order valence-electron chi connectivity index (χ0n) is 8.97. The highest BCUT2D eigenvalue weighted by Crippen LogP contribution is 2.03. The average molecular weight is 245 g/mol. The largest absolute Gasteiger partial charge is 0.388 e. The molecule has 0 unspecified atom stereocenters. The minimum atomic E-state index is -3.53. The Morgan fingerprint density at radius 2 is 2.38 bits per heavy atom. The van der Waals surface area contributed by atoms with Gasteiger partial charge in [0.15, 0.2) is 5.03 Å². The van der Waals surface area contributed by atoms with E-state index in [0.717, 1.165) is 0 Å². The molecular weight excluding hydrogens is 230 g/mol. The smallest absolute Gasteiger partial charge is 0.259 e. The van der Waals surface area contributed by atoms with Gasteiger partial charge in [0.05, 0.1) is 12.2 Å². The average Bonchev–Trinajstić information content (AvgIpc) is 2.60. The monoisotopic (exact) mass is 245 g/mol. The van der Waals surface area contributed by atoms with Gasteiger partial charge in [-0.2, -0.15) is 0 Å². The second kappa shape index (κ2) is 5.08. The van der Waals surface area contributed by atoms with Crippen LogP contribution >= 0.6 is 0 Å². The molecular formula is C8H15N5O2S. The molecule has 0 aliphatic carbocycles. The van der Waals surface area contributed by atoms with Crippen LogP contribution in [0.1, 0.15) is 12.8 Å². The van der Waals surface area contributed by atoms with Crippen LogP contribution in [0.5, 0.6) is 0 Å². The first-order valence-electron chi connectivity index (χ1n) is 4.72. The SMILES string of the molecule is Cn1cnc(S(=O)(=O)NCCCC(=N)N)c1. The van der Waals surface area contributed by atoms with E-state index < -0.39 is 10.0 Å². The molecule has 0 saturated heterocycles. The standard InChI is InChI=1S/C8H15N5O2S/c1-13-5-8(11-6-13)16(14,15)12-4-2-3-7(9)10/h5-6,12H,2-4H2,1H3,(H3,9,10). The molecule has 8 heteroatoms. The van der Waals surface area contributed by atoms with Crippen molar-refractivity contribution in [3.8, 4) is 0 Å². The van der Waals surface area contributed by atoms with E-state index in [2.05, 4.69) is 9.71 Å². The summed E-state index contributed by atoms with van der Waals surface area (Å²) in [6.45, 7) is 0.248. The third kappa shape index (κ3) is 3.63. The van der Waals surface area contributed by atoms with Crippen LogP contribution in [-0.2, 0) is 17.1 Å². The Kier molecular flexibility index (Phi) is 4.02. The van der Waals surface area contributed by atoms with Gasteiger partial charge in [-0.15, -0.1) is 0 Å². The summed E-state index contributed by atoms with van der Waals surface area (Å²) < 4.78 is 27.2. The second-order valence-electron chi connectivity index (χ2n) is 3.40. The Hall–Kier alpha value is -1.41. The van der Waals surface area contributed by atoms with E-state index in [1.165, 1.54) is 12.5 Å². The van der Waals surface area contributed by atoms with Crippen molar-refractivity contribution in [1.29, 1.82) is 5.41 Å². The molecule has 0 aliphatic rings. The molecule has 0 spiro atoms. The lowest BCUT2D eigenvalue weighted by Gasteiger charge is -2.03. The minimum Gasteiger partial charge on any atom is -0.388 e. The van der Waals surface area contributed by atoms with Crippen molar-refractivity contribution in [3.63, 3.8) is 0 Å². The first-order valence-corrected chi connectivity index (χ1v) is 6.20. The molecule has 90 valence electrons. The fraction of sp³-hybridized carbons (Fsp3) is 0.500. The summed E-state index contributed by atoms with van der Waals surface area (Å²) in [5.74, 6) is 0.0528. The van der Waals surface area contributed by atoms with Crippen LogP contribution in [0.25, 0.3) is 0 Å². The van der Waals surface area contributed by atoms with Crippen LogP contribution in [0.2, 0.25) is 0 Å². The molecule has 4 N–H and O–H groups in total. The van der Waals surface area contributed by atoms with Crippen LogP contribution in [0, 0.1) is 5.41 Å². The molecule has 0 atom stereocenters. The minimum absolute atomic E-state index is 0.00201. The molecule has 1 aromatic rings. The summed E-state index contributed by atoms with van der Waals surface area (Å²) in [6, 6.07) is 0. The topological polar surface area (TPSA) is 114 Å². The van der Waals surface area contributed by atoms with Gasteiger partial charge in [0, 0.05) is 26.2 Å². The van der Waals surface area contributed by atoms with Crippen molar-refractivity contribution in [1.82, 2.24) is 14.3 Å². The van der Waals surface area contributed by atoms with Crippen molar-refractivity contribution in [2.24, 2.45) is 12.8 Å². The second-order valence-corrected chi connectivity index (χ2v) is 5.12. The number of aromatic nitrogens is 2. The van der Waals surface area contributed by atoms with E-state index in [0.29, 0.717) is 12.8 Å². The lowest BCUT2D eigenvalue weighted by molar-refractivity contribution is 0.576. The molecule has 0 bridgehead atoms. The highest BCUT2D eigenvalue weighted by Gasteiger charge is 2.15. The number of hydrogen-bond acceptors (Lipinski definition) is 4. The maximum absolute atomic E-state index is 11.6. The van der Waals surface area contributed by atoms with Gasteiger partial charge in [0.2, 0.25) is 0 Å². The molecule has 1 aromatic heterocycles. The van der Waals surface area contributed by atoms with Gasteiger partial charge in [0.25, 0.3) is 10.0 Å². The van der Waals surface area contributed by atoms with Crippen LogP contribution < -0.4 is 10.5 Å². The van der Waals surface area contributed by atoms with Crippen LogP contribution in [0.4, 0.5) is 0 Å². The third-order valence-electron chi connectivity index (χ3n) is 1.87. The van der Waals surface area contributed by atoms with Crippen molar-refractivity contribution < 1.29 is 8.42 Å². The Bertz CT molecular complexity index is 465. The highest BCUT2D eigenvalue weighted by atomic mass is 32.2. The fourth-order valence-corrected chi connectivity index (χ4v) is 2.14. The summed E-state index contributed by atoms with van der Waals surface area (Å²) in [7, 11) is -1.83. The van der Waals surface area contributed by atoms with Crippen LogP contribution in [-0.4, -0.2) is 30.3 Å². The van der Waals surface area contributed by atoms with Crippen LogP contribution in [0.15, 0.2) is 17.6 Å². The number of sulfonamides is 1. The third-order valence-corrected chi connectivity index (χ3v) is 3.22. The Morgan fingerprint density at radius 3 is 2.88 bits per heavy atom. The van der Waals surface area contributed by atoms with Crippen molar-refractivity contribution in [3.05, 3.63) is 12.5 Å². The quantitative estimate of drug-likeness (QED) is 0.353. The number of hydrogen-bond donors (Lipinski definition) is 3. The molecule has 0 saturated carbocycles. The molecule has 7 nitrogen and oxygen atoms in total. The van der Waals surface area contributed by atoms with E-state index in [1.807, 2.05) is 0 Å². The van der Waals surface area contributed by atoms with E-state index in [-0.39, 0.29) is 17.4 Å². The summed E-state index contributed by atoms with van der Waals surface area (Å²) in [5, 5.41) is 6.98. The number of amidine groups is 1. The van der Waals surface area contributed by atoms with E-state index in [9.17, 15) is 8.42 Å². The summed E-state index contributed by atoms with van der Waals surface area (Å²) in [6.07, 6.45) is 3.73. The predicted molar refractivity (Wildman–Crippen MR) is 59.5 cm³/mol. The van der Waals surface area contributed by atoms with Gasteiger partial charge in [-0.25, -0.2) is 18.1 Å². The summed E-state index contributed by atoms with van der Waals surface area (Å²) in [5.41, 5.74) is 5.15. The normalized spacial score (nSPS) is 11.6. The zero-order valence-corrected chi connectivity index (χ0v) is 9.79. The van der Waals surface area contributed by atoms with Gasteiger partial charge in [-0.05, 0) is 6.42 Å². The molecule has 1 heterocycles. The number of aryl methyl sites for hydroxylation is 1.